The lowest BCUT2D eigenvalue weighted by atomic mass is 10.2. The van der Waals surface area contributed by atoms with Crippen molar-refractivity contribution < 1.29 is 35.5 Å². The molecule has 0 amide bonds. The van der Waals surface area contributed by atoms with Gasteiger partial charge in [-0.1, -0.05) is 15.9 Å². The molecule has 0 N–H and O–H groups in total. The molecule has 0 aliphatic rings. The van der Waals surface area contributed by atoms with Crippen LogP contribution in [0.15, 0.2) is 6.07 Å². The minimum atomic E-state index is -5.23. The number of rotatable bonds is 2. The van der Waals surface area contributed by atoms with E-state index in [4.69, 9.17) is 0 Å². The maximum absolute atomic E-state index is 13.1. The Balaban J connectivity index is 3.33. The fraction of sp³-hybridized carbons (Fsp3) is 0.375. The molecule has 0 saturated heterocycles. The molecular formula is C8H3BrF7NO. The van der Waals surface area contributed by atoms with Gasteiger partial charge in [0.1, 0.15) is 5.75 Å². The van der Waals surface area contributed by atoms with E-state index in [-0.39, 0.29) is 6.07 Å². The lowest BCUT2D eigenvalue weighted by Gasteiger charge is -2.14. The van der Waals surface area contributed by atoms with Gasteiger partial charge in [0.2, 0.25) is 5.95 Å². The van der Waals surface area contributed by atoms with Gasteiger partial charge >= 0.3 is 12.5 Å². The molecule has 2 nitrogen and oxygen atoms in total. The molecule has 0 aliphatic heterocycles. The van der Waals surface area contributed by atoms with Crippen molar-refractivity contribution in [3.05, 3.63) is 23.3 Å². The maximum Gasteiger partial charge on any atom is 0.573 e. The predicted molar refractivity (Wildman–Crippen MR) is 48.5 cm³/mol. The van der Waals surface area contributed by atoms with Gasteiger partial charge in [0, 0.05) is 11.4 Å². The molecule has 18 heavy (non-hydrogen) atoms. The molecule has 0 bridgehead atoms. The number of aromatic nitrogens is 1. The van der Waals surface area contributed by atoms with Gasteiger partial charge in [0.05, 0.1) is 5.56 Å². The van der Waals surface area contributed by atoms with Gasteiger partial charge in [-0.25, -0.2) is 4.98 Å². The molecule has 0 radical (unpaired) electrons. The number of nitrogens with zero attached hydrogens (tertiary/aromatic N) is 1. The van der Waals surface area contributed by atoms with Crippen LogP contribution in [0, 0.1) is 5.95 Å². The van der Waals surface area contributed by atoms with Crippen molar-refractivity contribution in [1.29, 1.82) is 0 Å². The number of alkyl halides is 7. The summed E-state index contributed by atoms with van der Waals surface area (Å²) in [6.45, 7) is 0. The second kappa shape index (κ2) is 4.90. The number of hydrogen-bond donors (Lipinski definition) is 0. The standard InChI is InChI=1S/C8H3BrF7NO/c9-2-3-4(18-8(14,15)16)1-5(7(11,12)13)17-6(3)10/h1H,2H2. The van der Waals surface area contributed by atoms with Crippen molar-refractivity contribution in [1.82, 2.24) is 4.98 Å². The molecule has 1 aromatic rings. The molecule has 0 aliphatic carbocycles. The zero-order valence-electron chi connectivity index (χ0n) is 8.16. The third-order valence-corrected chi connectivity index (χ3v) is 2.24. The van der Waals surface area contributed by atoms with Crippen LogP contribution in [0.2, 0.25) is 0 Å². The molecule has 1 rings (SSSR count). The summed E-state index contributed by atoms with van der Waals surface area (Å²) in [4.78, 5) is 2.54. The smallest absolute Gasteiger partial charge is 0.405 e. The lowest BCUT2D eigenvalue weighted by Crippen LogP contribution is -2.20. The number of halogens is 8. The van der Waals surface area contributed by atoms with E-state index in [1.54, 1.807) is 0 Å². The van der Waals surface area contributed by atoms with Crippen LogP contribution in [0.5, 0.6) is 5.75 Å². The second-order valence-corrected chi connectivity index (χ2v) is 3.51. The zero-order valence-corrected chi connectivity index (χ0v) is 9.75. The minimum Gasteiger partial charge on any atom is -0.405 e. The fourth-order valence-corrected chi connectivity index (χ4v) is 1.51. The molecule has 102 valence electrons. The van der Waals surface area contributed by atoms with Crippen molar-refractivity contribution in [2.45, 2.75) is 17.9 Å². The molecule has 0 fully saturated rings. The molecular weight excluding hydrogens is 339 g/mol. The van der Waals surface area contributed by atoms with Crippen molar-refractivity contribution in [3.8, 4) is 5.75 Å². The van der Waals surface area contributed by atoms with E-state index in [1.807, 2.05) is 0 Å². The minimum absolute atomic E-state index is 0.00678. The van der Waals surface area contributed by atoms with Gasteiger partial charge in [-0.15, -0.1) is 13.2 Å². The fourth-order valence-electron chi connectivity index (χ4n) is 1.00. The molecule has 0 spiro atoms. The van der Waals surface area contributed by atoms with Crippen LogP contribution >= 0.6 is 15.9 Å². The lowest BCUT2D eigenvalue weighted by molar-refractivity contribution is -0.275. The van der Waals surface area contributed by atoms with Crippen LogP contribution in [0.4, 0.5) is 30.7 Å². The normalized spacial score (nSPS) is 12.7. The van der Waals surface area contributed by atoms with Crippen LogP contribution in [0.25, 0.3) is 0 Å². The van der Waals surface area contributed by atoms with Gasteiger partial charge < -0.3 is 4.74 Å². The van der Waals surface area contributed by atoms with Crippen LogP contribution in [0.1, 0.15) is 11.3 Å². The Labute approximate surface area is 104 Å². The quantitative estimate of drug-likeness (QED) is 0.460. The highest BCUT2D eigenvalue weighted by Crippen LogP contribution is 2.35. The number of hydrogen-bond acceptors (Lipinski definition) is 2. The zero-order chi connectivity index (χ0) is 14.1. The van der Waals surface area contributed by atoms with Crippen molar-refractivity contribution in [2.75, 3.05) is 0 Å². The summed E-state index contributed by atoms with van der Waals surface area (Å²) in [5.41, 5.74) is -2.55. The second-order valence-electron chi connectivity index (χ2n) is 2.95. The average Bonchev–Trinajstić information content (AvgIpc) is 2.13. The summed E-state index contributed by atoms with van der Waals surface area (Å²) in [6, 6.07) is -0.00678. The molecule has 0 aromatic carbocycles. The van der Waals surface area contributed by atoms with Crippen LogP contribution in [0.3, 0.4) is 0 Å². The Morgan fingerprint density at radius 2 is 1.72 bits per heavy atom. The molecule has 0 saturated carbocycles. The summed E-state index contributed by atoms with van der Waals surface area (Å²) in [5, 5.41) is -0.477. The Kier molecular flexibility index (Phi) is 4.08. The Morgan fingerprint density at radius 3 is 2.11 bits per heavy atom. The van der Waals surface area contributed by atoms with Gasteiger partial charge in [-0.3, -0.25) is 0 Å². The maximum atomic E-state index is 13.1. The summed E-state index contributed by atoms with van der Waals surface area (Å²) < 4.78 is 89.0. The summed E-state index contributed by atoms with van der Waals surface area (Å²) in [6.07, 6.45) is -10.3. The van der Waals surface area contributed by atoms with Gasteiger partial charge in [0.15, 0.2) is 5.69 Å². The van der Waals surface area contributed by atoms with Gasteiger partial charge in [-0.05, 0) is 0 Å². The summed E-state index contributed by atoms with van der Waals surface area (Å²) in [7, 11) is 0. The van der Waals surface area contributed by atoms with E-state index < -0.39 is 40.8 Å². The van der Waals surface area contributed by atoms with Crippen LogP contribution < -0.4 is 4.74 Å². The van der Waals surface area contributed by atoms with E-state index >= 15 is 0 Å². The molecule has 1 heterocycles. The molecule has 1 aromatic heterocycles. The SMILES string of the molecule is Fc1nc(C(F)(F)F)cc(OC(F)(F)F)c1CBr. The van der Waals surface area contributed by atoms with Crippen molar-refractivity contribution in [3.63, 3.8) is 0 Å². The topological polar surface area (TPSA) is 22.1 Å². The third kappa shape index (κ3) is 3.72. The van der Waals surface area contributed by atoms with Gasteiger partial charge in [-0.2, -0.15) is 17.6 Å². The van der Waals surface area contributed by atoms with Crippen LogP contribution in [-0.4, -0.2) is 11.3 Å². The van der Waals surface area contributed by atoms with E-state index in [1.165, 1.54) is 0 Å². The van der Waals surface area contributed by atoms with Crippen molar-refractivity contribution in [2.24, 2.45) is 0 Å². The summed E-state index contributed by atoms with van der Waals surface area (Å²) >= 11 is 2.63. The molecule has 0 unspecified atom stereocenters. The number of pyridine rings is 1. The van der Waals surface area contributed by atoms with Gasteiger partial charge in [0.25, 0.3) is 0 Å². The highest BCUT2D eigenvalue weighted by atomic mass is 79.9. The average molecular weight is 342 g/mol. The molecule has 10 heteroatoms. The van der Waals surface area contributed by atoms with E-state index in [0.29, 0.717) is 0 Å². The van der Waals surface area contributed by atoms with Crippen molar-refractivity contribution >= 4 is 15.9 Å². The van der Waals surface area contributed by atoms with Crippen LogP contribution in [-0.2, 0) is 11.5 Å². The Hall–Kier alpha value is -1.06. The monoisotopic (exact) mass is 341 g/mol. The number of ether oxygens (including phenoxy) is 1. The highest BCUT2D eigenvalue weighted by molar-refractivity contribution is 9.08. The molecule has 0 atom stereocenters. The largest absolute Gasteiger partial charge is 0.573 e. The first-order chi connectivity index (χ1) is 8.04. The Bertz CT molecular complexity index is 442. The first-order valence-corrected chi connectivity index (χ1v) is 5.25. The first-order valence-electron chi connectivity index (χ1n) is 4.13. The summed E-state index contributed by atoms with van der Waals surface area (Å²) in [5.74, 6) is -2.96. The third-order valence-electron chi connectivity index (χ3n) is 1.68. The first kappa shape index (κ1) is 15.0. The Morgan fingerprint density at radius 1 is 1.17 bits per heavy atom. The highest BCUT2D eigenvalue weighted by Gasteiger charge is 2.37. The van der Waals surface area contributed by atoms with E-state index in [2.05, 4.69) is 25.7 Å². The predicted octanol–water partition coefficient (Wildman–Crippen LogP) is 4.03. The van der Waals surface area contributed by atoms with E-state index in [9.17, 15) is 30.7 Å². The van der Waals surface area contributed by atoms with E-state index in [0.717, 1.165) is 0 Å².